The molecule has 2 atom stereocenters. The summed E-state index contributed by atoms with van der Waals surface area (Å²) in [5, 5.41) is 8.64. The maximum Gasteiger partial charge on any atom is 0.303 e. The number of carboxylic acids is 1. The molecule has 1 aliphatic heterocycles. The predicted octanol–water partition coefficient (Wildman–Crippen LogP) is 2.44. The highest BCUT2D eigenvalue weighted by atomic mass is 32.2. The summed E-state index contributed by atoms with van der Waals surface area (Å²) in [5.74, 6) is 2.28. The molecule has 0 spiro atoms. The van der Waals surface area contributed by atoms with Gasteiger partial charge in [-0.3, -0.25) is 4.79 Å². The molecule has 4 nitrogen and oxygen atoms in total. The summed E-state index contributed by atoms with van der Waals surface area (Å²) in [6.45, 7) is 0. The van der Waals surface area contributed by atoms with Crippen LogP contribution in [-0.4, -0.2) is 28.7 Å². The van der Waals surface area contributed by atoms with E-state index in [-0.39, 0.29) is 12.5 Å². The van der Waals surface area contributed by atoms with Crippen molar-refractivity contribution in [3.8, 4) is 5.75 Å². The van der Waals surface area contributed by atoms with E-state index in [1.165, 1.54) is 5.75 Å². The second kappa shape index (κ2) is 6.82. The first kappa shape index (κ1) is 14.2. The normalized spacial score (nSPS) is 20.2. The van der Waals surface area contributed by atoms with E-state index >= 15 is 0 Å². The van der Waals surface area contributed by atoms with Crippen LogP contribution in [0.5, 0.6) is 5.75 Å². The van der Waals surface area contributed by atoms with Crippen LogP contribution in [0, 0.1) is 0 Å². The number of hydrogen-bond donors (Lipinski definition) is 2. The summed E-state index contributed by atoms with van der Waals surface area (Å²) in [7, 11) is 0. The van der Waals surface area contributed by atoms with Crippen LogP contribution >= 0.6 is 11.8 Å². The minimum atomic E-state index is -0.811. The third-order valence-corrected chi connectivity index (χ3v) is 4.30. The van der Waals surface area contributed by atoms with E-state index in [0.29, 0.717) is 12.5 Å². The van der Waals surface area contributed by atoms with Gasteiger partial charge < -0.3 is 15.6 Å². The zero-order valence-corrected chi connectivity index (χ0v) is 11.6. The Kier molecular flexibility index (Phi) is 5.10. The second-order valence-electron chi connectivity index (χ2n) is 4.71. The molecule has 1 aromatic rings. The number of rotatable bonds is 6. The Hall–Kier alpha value is -1.20. The molecular weight excluding hydrogens is 262 g/mol. The Morgan fingerprint density at radius 2 is 2.21 bits per heavy atom. The minimum absolute atomic E-state index is 0.0959. The molecule has 1 heterocycles. The molecular formula is C14H19NO3S. The molecule has 0 amide bonds. The van der Waals surface area contributed by atoms with Crippen LogP contribution in [0.25, 0.3) is 0 Å². The summed E-state index contributed by atoms with van der Waals surface area (Å²) >= 11 is 1.92. The molecule has 2 rings (SSSR count). The lowest BCUT2D eigenvalue weighted by atomic mass is 10.0. The van der Waals surface area contributed by atoms with Gasteiger partial charge in [-0.2, -0.15) is 11.8 Å². The highest BCUT2D eigenvalue weighted by molar-refractivity contribution is 7.99. The standard InChI is InChI=1S/C14H19NO3S/c15-13(5-6-14(16)17)10-1-3-11(4-2-10)18-12-7-8-19-9-12/h1-4,12-13H,5-9,15H2,(H,16,17). The van der Waals surface area contributed by atoms with Gasteiger partial charge in [-0.1, -0.05) is 12.1 Å². The molecule has 0 aliphatic carbocycles. The fourth-order valence-corrected chi connectivity index (χ4v) is 3.13. The van der Waals surface area contributed by atoms with Crippen molar-refractivity contribution in [3.63, 3.8) is 0 Å². The van der Waals surface area contributed by atoms with Crippen LogP contribution in [0.4, 0.5) is 0 Å². The van der Waals surface area contributed by atoms with Crippen molar-refractivity contribution in [1.29, 1.82) is 0 Å². The third kappa shape index (κ3) is 4.44. The fourth-order valence-electron chi connectivity index (χ4n) is 2.04. The van der Waals surface area contributed by atoms with Crippen molar-refractivity contribution >= 4 is 17.7 Å². The summed E-state index contributed by atoms with van der Waals surface area (Å²) in [6, 6.07) is 7.44. The number of carbonyl (C=O) groups is 1. The number of nitrogens with two attached hydrogens (primary N) is 1. The van der Waals surface area contributed by atoms with E-state index in [1.54, 1.807) is 0 Å². The smallest absolute Gasteiger partial charge is 0.303 e. The Morgan fingerprint density at radius 3 is 2.79 bits per heavy atom. The van der Waals surface area contributed by atoms with E-state index in [1.807, 2.05) is 36.0 Å². The second-order valence-corrected chi connectivity index (χ2v) is 5.86. The lowest BCUT2D eigenvalue weighted by molar-refractivity contribution is -0.137. The number of carboxylic acid groups (broad SMARTS) is 1. The fraction of sp³-hybridized carbons (Fsp3) is 0.500. The number of thioether (sulfide) groups is 1. The van der Waals surface area contributed by atoms with Gasteiger partial charge in [0, 0.05) is 18.2 Å². The maximum absolute atomic E-state index is 10.5. The molecule has 1 aromatic carbocycles. The Labute approximate surface area is 117 Å². The average Bonchev–Trinajstić information content (AvgIpc) is 2.89. The molecule has 0 radical (unpaired) electrons. The van der Waals surface area contributed by atoms with Crippen LogP contribution in [0.15, 0.2) is 24.3 Å². The quantitative estimate of drug-likeness (QED) is 0.838. The molecule has 19 heavy (non-hydrogen) atoms. The van der Waals surface area contributed by atoms with Crippen molar-refractivity contribution in [2.24, 2.45) is 5.73 Å². The van der Waals surface area contributed by atoms with E-state index in [9.17, 15) is 4.79 Å². The molecule has 104 valence electrons. The van der Waals surface area contributed by atoms with Crippen LogP contribution in [-0.2, 0) is 4.79 Å². The molecule has 0 aromatic heterocycles. The maximum atomic E-state index is 10.5. The van der Waals surface area contributed by atoms with Crippen LogP contribution in [0.2, 0.25) is 0 Å². The third-order valence-electron chi connectivity index (χ3n) is 3.17. The Morgan fingerprint density at radius 1 is 1.47 bits per heavy atom. The highest BCUT2D eigenvalue weighted by Crippen LogP contribution is 2.24. The first-order valence-electron chi connectivity index (χ1n) is 6.47. The van der Waals surface area contributed by atoms with Gasteiger partial charge in [-0.25, -0.2) is 0 Å². The van der Waals surface area contributed by atoms with Gasteiger partial charge in [0.05, 0.1) is 0 Å². The number of benzene rings is 1. The number of aliphatic carboxylic acids is 1. The Bertz CT molecular complexity index is 415. The topological polar surface area (TPSA) is 72.6 Å². The van der Waals surface area contributed by atoms with Gasteiger partial charge in [0.1, 0.15) is 11.9 Å². The molecule has 1 aliphatic rings. The molecule has 1 saturated heterocycles. The van der Waals surface area contributed by atoms with Gasteiger partial charge >= 0.3 is 5.97 Å². The lowest BCUT2D eigenvalue weighted by Gasteiger charge is -2.14. The molecule has 0 saturated carbocycles. The Balaban J connectivity index is 1.87. The zero-order valence-electron chi connectivity index (χ0n) is 10.7. The largest absolute Gasteiger partial charge is 0.490 e. The molecule has 2 unspecified atom stereocenters. The summed E-state index contributed by atoms with van der Waals surface area (Å²) in [5.41, 5.74) is 6.90. The minimum Gasteiger partial charge on any atom is -0.490 e. The van der Waals surface area contributed by atoms with Gasteiger partial charge in [-0.05, 0) is 36.3 Å². The highest BCUT2D eigenvalue weighted by Gasteiger charge is 2.17. The zero-order chi connectivity index (χ0) is 13.7. The van der Waals surface area contributed by atoms with Crippen LogP contribution in [0.3, 0.4) is 0 Å². The van der Waals surface area contributed by atoms with Gasteiger partial charge in [0.15, 0.2) is 0 Å². The first-order chi connectivity index (χ1) is 9.15. The van der Waals surface area contributed by atoms with Crippen molar-refractivity contribution in [1.82, 2.24) is 0 Å². The average molecular weight is 281 g/mol. The summed E-state index contributed by atoms with van der Waals surface area (Å²) < 4.78 is 5.85. The van der Waals surface area contributed by atoms with Crippen molar-refractivity contribution in [3.05, 3.63) is 29.8 Å². The summed E-state index contributed by atoms with van der Waals surface area (Å²) in [6.07, 6.45) is 1.97. The molecule has 5 heteroatoms. The van der Waals surface area contributed by atoms with E-state index < -0.39 is 5.97 Å². The predicted molar refractivity (Wildman–Crippen MR) is 76.6 cm³/mol. The van der Waals surface area contributed by atoms with Crippen molar-refractivity contribution in [2.45, 2.75) is 31.4 Å². The molecule has 3 N–H and O–H groups in total. The van der Waals surface area contributed by atoms with E-state index in [2.05, 4.69) is 0 Å². The monoisotopic (exact) mass is 281 g/mol. The van der Waals surface area contributed by atoms with Gasteiger partial charge in [-0.15, -0.1) is 0 Å². The molecule has 0 bridgehead atoms. The number of ether oxygens (including phenoxy) is 1. The van der Waals surface area contributed by atoms with Gasteiger partial charge in [0.2, 0.25) is 0 Å². The van der Waals surface area contributed by atoms with Crippen LogP contribution in [0.1, 0.15) is 30.9 Å². The summed E-state index contributed by atoms with van der Waals surface area (Å²) in [4.78, 5) is 10.5. The number of hydrogen-bond acceptors (Lipinski definition) is 4. The SMILES string of the molecule is NC(CCC(=O)O)c1ccc(OC2CCSC2)cc1. The first-order valence-corrected chi connectivity index (χ1v) is 7.62. The van der Waals surface area contributed by atoms with Gasteiger partial charge in [0.25, 0.3) is 0 Å². The molecule has 1 fully saturated rings. The van der Waals surface area contributed by atoms with E-state index in [0.717, 1.165) is 23.5 Å². The van der Waals surface area contributed by atoms with Crippen LogP contribution < -0.4 is 10.5 Å². The van der Waals surface area contributed by atoms with E-state index in [4.69, 9.17) is 15.6 Å². The lowest BCUT2D eigenvalue weighted by Crippen LogP contribution is -2.15. The van der Waals surface area contributed by atoms with Crippen molar-refractivity contribution in [2.75, 3.05) is 11.5 Å². The van der Waals surface area contributed by atoms with Crippen molar-refractivity contribution < 1.29 is 14.6 Å².